The van der Waals surface area contributed by atoms with Gasteiger partial charge in [0.1, 0.15) is 0 Å². The minimum Gasteiger partial charge on any atom is -0.355 e. The van der Waals surface area contributed by atoms with Crippen molar-refractivity contribution in [2.45, 2.75) is 44.6 Å². The number of nitrogens with one attached hydrogen (secondary N) is 2. The maximum absolute atomic E-state index is 11.6. The molecule has 3 rings (SSSR count). The molecule has 0 heterocycles. The highest BCUT2D eigenvalue weighted by molar-refractivity contribution is 5.78. The van der Waals surface area contributed by atoms with E-state index in [0.717, 1.165) is 24.3 Å². The molecule has 0 aromatic carbocycles. The van der Waals surface area contributed by atoms with E-state index < -0.39 is 0 Å². The summed E-state index contributed by atoms with van der Waals surface area (Å²) in [6.07, 6.45) is 8.13. The van der Waals surface area contributed by atoms with Gasteiger partial charge < -0.3 is 10.6 Å². The van der Waals surface area contributed by atoms with Crippen LogP contribution in [0.25, 0.3) is 0 Å². The smallest absolute Gasteiger partial charge is 0.233 e. The van der Waals surface area contributed by atoms with Crippen molar-refractivity contribution in [1.82, 2.24) is 10.6 Å². The summed E-state index contributed by atoms with van der Waals surface area (Å²) in [4.78, 5) is 11.6. The number of carbonyl (C=O) groups excluding carboxylic acids is 1. The number of fused-ring (bicyclic) bond motifs is 2. The Morgan fingerprint density at radius 2 is 2.00 bits per heavy atom. The van der Waals surface area contributed by atoms with E-state index in [1.807, 2.05) is 0 Å². The van der Waals surface area contributed by atoms with Crippen LogP contribution in [0.4, 0.5) is 0 Å². The Bertz CT molecular complexity index is 275. The van der Waals surface area contributed by atoms with E-state index >= 15 is 0 Å². The number of rotatable bonds is 5. The van der Waals surface area contributed by atoms with Crippen LogP contribution in [0, 0.1) is 17.8 Å². The monoisotopic (exact) mass is 222 g/mol. The van der Waals surface area contributed by atoms with E-state index in [0.29, 0.717) is 12.6 Å². The highest BCUT2D eigenvalue weighted by Crippen LogP contribution is 2.44. The first-order chi connectivity index (χ1) is 7.81. The normalized spacial score (nSPS) is 36.6. The van der Waals surface area contributed by atoms with Crippen molar-refractivity contribution in [1.29, 1.82) is 0 Å². The zero-order chi connectivity index (χ0) is 11.0. The molecule has 0 aromatic rings. The van der Waals surface area contributed by atoms with Crippen molar-refractivity contribution in [3.8, 4) is 0 Å². The lowest BCUT2D eigenvalue weighted by atomic mass is 9.95. The van der Waals surface area contributed by atoms with Gasteiger partial charge in [-0.25, -0.2) is 0 Å². The second-order valence-corrected chi connectivity index (χ2v) is 5.91. The SMILES string of the molecule is O=C(CN[C@H]1C[C@H]2CC[C@H]1C2)NCC1CC1. The number of carbonyl (C=O) groups is 1. The highest BCUT2D eigenvalue weighted by Gasteiger charge is 2.39. The quantitative estimate of drug-likeness (QED) is 0.736. The Morgan fingerprint density at radius 1 is 1.12 bits per heavy atom. The van der Waals surface area contributed by atoms with Gasteiger partial charge in [-0.1, -0.05) is 6.42 Å². The van der Waals surface area contributed by atoms with Gasteiger partial charge in [0.25, 0.3) is 0 Å². The predicted molar refractivity (Wildman–Crippen MR) is 63.0 cm³/mol. The molecule has 3 heteroatoms. The molecule has 0 aliphatic heterocycles. The Labute approximate surface area is 97.4 Å². The lowest BCUT2D eigenvalue weighted by molar-refractivity contribution is -0.120. The van der Waals surface area contributed by atoms with Crippen LogP contribution in [0.2, 0.25) is 0 Å². The molecule has 0 aromatic heterocycles. The summed E-state index contributed by atoms with van der Waals surface area (Å²) in [5.74, 6) is 2.79. The minimum absolute atomic E-state index is 0.190. The first-order valence-corrected chi connectivity index (χ1v) is 6.81. The summed E-state index contributed by atoms with van der Waals surface area (Å²) < 4.78 is 0. The van der Waals surface area contributed by atoms with Crippen molar-refractivity contribution in [3.63, 3.8) is 0 Å². The molecule has 90 valence electrons. The summed E-state index contributed by atoms with van der Waals surface area (Å²) in [5, 5.41) is 6.46. The van der Waals surface area contributed by atoms with Crippen molar-refractivity contribution in [2.75, 3.05) is 13.1 Å². The Kier molecular flexibility index (Phi) is 2.88. The predicted octanol–water partition coefficient (Wildman–Crippen LogP) is 1.29. The highest BCUT2D eigenvalue weighted by atomic mass is 16.1. The molecule has 3 aliphatic carbocycles. The number of hydrogen-bond acceptors (Lipinski definition) is 2. The average Bonchev–Trinajstić information content (AvgIpc) is 2.89. The van der Waals surface area contributed by atoms with Gasteiger partial charge in [0.15, 0.2) is 0 Å². The lowest BCUT2D eigenvalue weighted by Gasteiger charge is -2.22. The molecule has 2 N–H and O–H groups in total. The van der Waals surface area contributed by atoms with Crippen LogP contribution in [0.1, 0.15) is 38.5 Å². The summed E-state index contributed by atoms with van der Waals surface area (Å²) in [5.41, 5.74) is 0. The molecule has 16 heavy (non-hydrogen) atoms. The maximum atomic E-state index is 11.6. The van der Waals surface area contributed by atoms with Gasteiger partial charge in [0, 0.05) is 12.6 Å². The molecule has 3 atom stereocenters. The van der Waals surface area contributed by atoms with E-state index in [9.17, 15) is 4.79 Å². The fraction of sp³-hybridized carbons (Fsp3) is 0.923. The maximum Gasteiger partial charge on any atom is 0.233 e. The van der Waals surface area contributed by atoms with Crippen LogP contribution in [-0.2, 0) is 4.79 Å². The van der Waals surface area contributed by atoms with E-state index in [1.54, 1.807) is 0 Å². The third-order valence-corrected chi connectivity index (χ3v) is 4.55. The Hall–Kier alpha value is -0.570. The van der Waals surface area contributed by atoms with E-state index in [2.05, 4.69) is 10.6 Å². The summed E-state index contributed by atoms with van der Waals surface area (Å²) in [7, 11) is 0. The molecule has 0 unspecified atom stereocenters. The molecular weight excluding hydrogens is 200 g/mol. The van der Waals surface area contributed by atoms with Crippen molar-refractivity contribution >= 4 is 5.91 Å². The molecule has 2 bridgehead atoms. The topological polar surface area (TPSA) is 41.1 Å². The van der Waals surface area contributed by atoms with Gasteiger partial charge in [0.2, 0.25) is 5.91 Å². The third kappa shape index (κ3) is 2.40. The summed E-state index contributed by atoms with van der Waals surface area (Å²) >= 11 is 0. The first kappa shape index (κ1) is 10.6. The van der Waals surface area contributed by atoms with Crippen molar-refractivity contribution in [2.24, 2.45) is 17.8 Å². The molecule has 0 saturated heterocycles. The molecule has 0 spiro atoms. The van der Waals surface area contributed by atoms with Gasteiger partial charge in [-0.05, 0) is 49.9 Å². The van der Waals surface area contributed by atoms with Gasteiger partial charge in [-0.3, -0.25) is 4.79 Å². The van der Waals surface area contributed by atoms with Gasteiger partial charge >= 0.3 is 0 Å². The zero-order valence-corrected chi connectivity index (χ0v) is 9.87. The van der Waals surface area contributed by atoms with E-state index in [1.165, 1.54) is 38.5 Å². The van der Waals surface area contributed by atoms with Crippen LogP contribution >= 0.6 is 0 Å². The van der Waals surface area contributed by atoms with E-state index in [4.69, 9.17) is 0 Å². The largest absolute Gasteiger partial charge is 0.355 e. The van der Waals surface area contributed by atoms with Crippen LogP contribution in [0.5, 0.6) is 0 Å². The second kappa shape index (κ2) is 4.36. The Morgan fingerprint density at radius 3 is 2.62 bits per heavy atom. The summed E-state index contributed by atoms with van der Waals surface area (Å²) in [6, 6.07) is 0.630. The molecule has 3 fully saturated rings. The molecular formula is C13H22N2O. The minimum atomic E-state index is 0.190. The fourth-order valence-corrected chi connectivity index (χ4v) is 3.36. The van der Waals surface area contributed by atoms with Crippen LogP contribution < -0.4 is 10.6 Å². The van der Waals surface area contributed by atoms with Crippen LogP contribution in [0.15, 0.2) is 0 Å². The zero-order valence-electron chi connectivity index (χ0n) is 9.87. The molecule has 3 nitrogen and oxygen atoms in total. The second-order valence-electron chi connectivity index (χ2n) is 5.91. The number of amides is 1. The molecule has 0 radical (unpaired) electrons. The molecule has 3 saturated carbocycles. The van der Waals surface area contributed by atoms with Gasteiger partial charge in [-0.15, -0.1) is 0 Å². The van der Waals surface area contributed by atoms with E-state index in [-0.39, 0.29) is 5.91 Å². The van der Waals surface area contributed by atoms with Crippen molar-refractivity contribution in [3.05, 3.63) is 0 Å². The standard InChI is InChI=1S/C13H22N2O/c16-13(15-7-9-1-2-9)8-14-12-6-10-3-4-11(12)5-10/h9-12,14H,1-8H2,(H,15,16)/t10-,11-,12-/m0/s1. The van der Waals surface area contributed by atoms with Crippen LogP contribution in [0.3, 0.4) is 0 Å². The van der Waals surface area contributed by atoms with Gasteiger partial charge in [-0.2, -0.15) is 0 Å². The average molecular weight is 222 g/mol. The van der Waals surface area contributed by atoms with Crippen molar-refractivity contribution < 1.29 is 4.79 Å². The third-order valence-electron chi connectivity index (χ3n) is 4.55. The lowest BCUT2D eigenvalue weighted by Crippen LogP contribution is -2.41. The first-order valence-electron chi connectivity index (χ1n) is 6.81. The fourth-order valence-electron chi connectivity index (χ4n) is 3.36. The van der Waals surface area contributed by atoms with Crippen LogP contribution in [-0.4, -0.2) is 25.0 Å². The Balaban J connectivity index is 1.34. The molecule has 3 aliphatic rings. The number of hydrogen-bond donors (Lipinski definition) is 2. The van der Waals surface area contributed by atoms with Gasteiger partial charge in [0.05, 0.1) is 6.54 Å². The summed E-state index contributed by atoms with van der Waals surface area (Å²) in [6.45, 7) is 1.43. The molecule has 1 amide bonds.